The highest BCUT2D eigenvalue weighted by Crippen LogP contribution is 2.37. The van der Waals surface area contributed by atoms with Crippen LogP contribution in [0.4, 0.5) is 0 Å². The van der Waals surface area contributed by atoms with Gasteiger partial charge >= 0.3 is 0 Å². The molecule has 1 fully saturated rings. The molecule has 1 saturated carbocycles. The van der Waals surface area contributed by atoms with Crippen LogP contribution < -0.4 is 0 Å². The van der Waals surface area contributed by atoms with Crippen LogP contribution in [-0.4, -0.2) is 30.3 Å². The minimum Gasteiger partial charge on any atom is -0.297 e. The Bertz CT molecular complexity index is 470. The summed E-state index contributed by atoms with van der Waals surface area (Å²) >= 11 is 0. The topological polar surface area (TPSA) is 20.3 Å². The van der Waals surface area contributed by atoms with Gasteiger partial charge in [0.15, 0.2) is 5.78 Å². The number of hydrogen-bond acceptors (Lipinski definition) is 2. The van der Waals surface area contributed by atoms with E-state index in [1.165, 1.54) is 5.56 Å². The maximum Gasteiger partial charge on any atom is 0.183 e. The molecule has 1 aliphatic rings. The first-order valence-corrected chi connectivity index (χ1v) is 7.81. The molecule has 20 heavy (non-hydrogen) atoms. The first-order valence-electron chi connectivity index (χ1n) is 7.81. The molecule has 0 amide bonds. The number of carbonyl (C=O) groups is 1. The van der Waals surface area contributed by atoms with Gasteiger partial charge in [0.1, 0.15) is 0 Å². The Hall–Kier alpha value is -1.15. The summed E-state index contributed by atoms with van der Waals surface area (Å²) in [5.41, 5.74) is 1.83. The highest BCUT2D eigenvalue weighted by molar-refractivity contribution is 6.03. The predicted molar refractivity (Wildman–Crippen MR) is 84.2 cm³/mol. The summed E-state index contributed by atoms with van der Waals surface area (Å²) < 4.78 is 0. The molecule has 0 N–H and O–H groups in total. The molecule has 2 rings (SSSR count). The number of nitrogens with zero attached hydrogens (tertiary/aromatic N) is 1. The fourth-order valence-electron chi connectivity index (χ4n) is 3.32. The molecule has 1 aromatic rings. The van der Waals surface area contributed by atoms with Crippen molar-refractivity contribution in [3.05, 3.63) is 35.4 Å². The molecule has 0 bridgehead atoms. The van der Waals surface area contributed by atoms with Gasteiger partial charge in [0, 0.05) is 5.56 Å². The lowest BCUT2D eigenvalue weighted by atomic mass is 9.72. The number of likely N-dealkylation sites (N-methyl/N-ethyl adjacent to an activating group) is 1. The molecule has 0 aliphatic heterocycles. The summed E-state index contributed by atoms with van der Waals surface area (Å²) in [5.74, 6) is 1.06. The van der Waals surface area contributed by atoms with E-state index in [4.69, 9.17) is 0 Å². The first kappa shape index (κ1) is 15.2. The molecule has 0 atom stereocenters. The van der Waals surface area contributed by atoms with E-state index in [9.17, 15) is 4.79 Å². The SMILES string of the molecule is CCc1cccc(C(=O)C2(N(C)C)CCC(C)CC2)c1. The average molecular weight is 273 g/mol. The number of Topliss-reactive ketones (excluding diaryl/α,β-unsaturated/α-hetero) is 1. The second-order valence-corrected chi connectivity index (χ2v) is 6.49. The van der Waals surface area contributed by atoms with E-state index in [0.717, 1.165) is 43.6 Å². The van der Waals surface area contributed by atoms with Crippen LogP contribution in [0, 0.1) is 5.92 Å². The molecular weight excluding hydrogens is 246 g/mol. The summed E-state index contributed by atoms with van der Waals surface area (Å²) in [6.07, 6.45) is 5.24. The van der Waals surface area contributed by atoms with Crippen LogP contribution in [0.5, 0.6) is 0 Å². The molecule has 2 heteroatoms. The van der Waals surface area contributed by atoms with Crippen molar-refractivity contribution in [2.45, 2.75) is 51.5 Å². The zero-order valence-electron chi connectivity index (χ0n) is 13.3. The molecule has 2 nitrogen and oxygen atoms in total. The van der Waals surface area contributed by atoms with E-state index in [-0.39, 0.29) is 5.54 Å². The van der Waals surface area contributed by atoms with E-state index in [1.807, 2.05) is 12.1 Å². The molecule has 0 unspecified atom stereocenters. The van der Waals surface area contributed by atoms with Crippen molar-refractivity contribution in [1.29, 1.82) is 0 Å². The predicted octanol–water partition coefficient (Wildman–Crippen LogP) is 3.94. The number of hydrogen-bond donors (Lipinski definition) is 0. The van der Waals surface area contributed by atoms with Gasteiger partial charge in [-0.15, -0.1) is 0 Å². The third-order valence-electron chi connectivity index (χ3n) is 4.98. The maximum absolute atomic E-state index is 13.1. The Morgan fingerprint density at radius 3 is 2.50 bits per heavy atom. The van der Waals surface area contributed by atoms with Gasteiger partial charge in [0.05, 0.1) is 5.54 Å². The van der Waals surface area contributed by atoms with Gasteiger partial charge in [-0.1, -0.05) is 32.0 Å². The van der Waals surface area contributed by atoms with Gasteiger partial charge in [-0.05, 0) is 63.7 Å². The van der Waals surface area contributed by atoms with Gasteiger partial charge < -0.3 is 0 Å². The molecule has 0 radical (unpaired) electrons. The highest BCUT2D eigenvalue weighted by Gasteiger charge is 2.43. The van der Waals surface area contributed by atoms with Crippen LogP contribution >= 0.6 is 0 Å². The van der Waals surface area contributed by atoms with Crippen molar-refractivity contribution < 1.29 is 4.79 Å². The van der Waals surface area contributed by atoms with Crippen LogP contribution in [0.1, 0.15) is 55.5 Å². The Kier molecular flexibility index (Phi) is 4.64. The summed E-state index contributed by atoms with van der Waals surface area (Å²) in [4.78, 5) is 15.2. The van der Waals surface area contributed by atoms with Gasteiger partial charge in [0.25, 0.3) is 0 Å². The molecule has 1 aliphatic carbocycles. The third kappa shape index (κ3) is 2.80. The Labute approximate surface area is 123 Å². The Morgan fingerprint density at radius 1 is 1.30 bits per heavy atom. The average Bonchev–Trinajstić information content (AvgIpc) is 2.47. The molecule has 0 saturated heterocycles. The summed E-state index contributed by atoms with van der Waals surface area (Å²) in [6.45, 7) is 4.43. The van der Waals surface area contributed by atoms with Crippen molar-refractivity contribution in [2.24, 2.45) is 5.92 Å². The fourth-order valence-corrected chi connectivity index (χ4v) is 3.32. The van der Waals surface area contributed by atoms with Crippen molar-refractivity contribution in [1.82, 2.24) is 4.90 Å². The molecule has 0 spiro atoms. The Balaban J connectivity index is 2.31. The van der Waals surface area contributed by atoms with Crippen molar-refractivity contribution in [3.8, 4) is 0 Å². The van der Waals surface area contributed by atoms with Crippen LogP contribution in [-0.2, 0) is 6.42 Å². The van der Waals surface area contributed by atoms with Crippen LogP contribution in [0.3, 0.4) is 0 Å². The van der Waals surface area contributed by atoms with Crippen LogP contribution in [0.2, 0.25) is 0 Å². The lowest BCUT2D eigenvalue weighted by Gasteiger charge is -2.43. The number of rotatable bonds is 4. The normalized spacial score (nSPS) is 26.8. The van der Waals surface area contributed by atoms with Crippen molar-refractivity contribution >= 4 is 5.78 Å². The molecule has 110 valence electrons. The third-order valence-corrected chi connectivity index (χ3v) is 4.98. The molecule has 0 heterocycles. The smallest absolute Gasteiger partial charge is 0.183 e. The summed E-state index contributed by atoms with van der Waals surface area (Å²) in [5, 5.41) is 0. The maximum atomic E-state index is 13.1. The second-order valence-electron chi connectivity index (χ2n) is 6.49. The monoisotopic (exact) mass is 273 g/mol. The molecular formula is C18H27NO. The standard InChI is InChI=1S/C18H27NO/c1-5-15-7-6-8-16(13-15)17(20)18(19(3)4)11-9-14(2)10-12-18/h6-8,13-14H,5,9-12H2,1-4H3. The lowest BCUT2D eigenvalue weighted by molar-refractivity contribution is 0.0513. The summed E-state index contributed by atoms with van der Waals surface area (Å²) in [6, 6.07) is 8.17. The zero-order chi connectivity index (χ0) is 14.8. The quantitative estimate of drug-likeness (QED) is 0.774. The van der Waals surface area contributed by atoms with Gasteiger partial charge in [-0.25, -0.2) is 0 Å². The van der Waals surface area contributed by atoms with Crippen LogP contribution in [0.25, 0.3) is 0 Å². The van der Waals surface area contributed by atoms with E-state index in [0.29, 0.717) is 5.78 Å². The number of aryl methyl sites for hydroxylation is 1. The number of benzene rings is 1. The van der Waals surface area contributed by atoms with Crippen molar-refractivity contribution in [2.75, 3.05) is 14.1 Å². The van der Waals surface area contributed by atoms with Crippen LogP contribution in [0.15, 0.2) is 24.3 Å². The van der Waals surface area contributed by atoms with E-state index >= 15 is 0 Å². The van der Waals surface area contributed by atoms with Gasteiger partial charge in [0.2, 0.25) is 0 Å². The molecule has 1 aromatic carbocycles. The minimum atomic E-state index is -0.293. The first-order chi connectivity index (χ1) is 9.49. The largest absolute Gasteiger partial charge is 0.297 e. The summed E-state index contributed by atoms with van der Waals surface area (Å²) in [7, 11) is 4.11. The van der Waals surface area contributed by atoms with Crippen molar-refractivity contribution in [3.63, 3.8) is 0 Å². The Morgan fingerprint density at radius 2 is 1.95 bits per heavy atom. The lowest BCUT2D eigenvalue weighted by Crippen LogP contribution is -2.53. The number of ketones is 1. The fraction of sp³-hybridized carbons (Fsp3) is 0.611. The van der Waals surface area contributed by atoms with E-state index in [1.54, 1.807) is 0 Å². The highest BCUT2D eigenvalue weighted by atomic mass is 16.1. The van der Waals surface area contributed by atoms with Gasteiger partial charge in [-0.2, -0.15) is 0 Å². The minimum absolute atomic E-state index is 0.293. The zero-order valence-corrected chi connectivity index (χ0v) is 13.3. The second kappa shape index (κ2) is 6.09. The van der Waals surface area contributed by atoms with E-state index < -0.39 is 0 Å². The molecule has 0 aromatic heterocycles. The number of carbonyl (C=O) groups excluding carboxylic acids is 1. The van der Waals surface area contributed by atoms with E-state index in [2.05, 4.69) is 45.0 Å². The van der Waals surface area contributed by atoms with Gasteiger partial charge in [-0.3, -0.25) is 9.69 Å².